The number of alkyl halides is 3. The topological polar surface area (TPSA) is 47.6 Å². The molecule has 4 nitrogen and oxygen atoms in total. The average molecular weight is 357 g/mol. The molecular weight excluding hydrogens is 334 g/mol. The van der Waals surface area contributed by atoms with Crippen molar-refractivity contribution in [3.05, 3.63) is 29.3 Å². The molecule has 1 fully saturated rings. The SMILES string of the molecule is CC(C)NC(=O)c1cc(B2OC(C)(C)C(C)(C)O2)cc(C(F)(F)F)c1. The first-order chi connectivity index (χ1) is 11.2. The quantitative estimate of drug-likeness (QED) is 0.846. The second kappa shape index (κ2) is 6.32. The lowest BCUT2D eigenvalue weighted by molar-refractivity contribution is -0.137. The van der Waals surface area contributed by atoms with Gasteiger partial charge in [0.15, 0.2) is 0 Å². The largest absolute Gasteiger partial charge is 0.494 e. The molecule has 138 valence electrons. The third kappa shape index (κ3) is 4.18. The van der Waals surface area contributed by atoms with Crippen molar-refractivity contribution in [2.45, 2.75) is 65.0 Å². The fourth-order valence-electron chi connectivity index (χ4n) is 2.41. The van der Waals surface area contributed by atoms with Crippen molar-refractivity contribution in [2.75, 3.05) is 0 Å². The van der Waals surface area contributed by atoms with Crippen molar-refractivity contribution in [1.82, 2.24) is 5.32 Å². The molecule has 0 spiro atoms. The maximum atomic E-state index is 13.3. The predicted octanol–water partition coefficient (Wildman–Crippen LogP) is 3.14. The van der Waals surface area contributed by atoms with Gasteiger partial charge in [0.1, 0.15) is 0 Å². The van der Waals surface area contributed by atoms with Gasteiger partial charge in [-0.05, 0) is 59.1 Å². The molecule has 1 N–H and O–H groups in total. The van der Waals surface area contributed by atoms with E-state index in [0.717, 1.165) is 12.1 Å². The highest BCUT2D eigenvalue weighted by molar-refractivity contribution is 6.62. The number of carbonyl (C=O) groups is 1. The molecule has 8 heteroatoms. The summed E-state index contributed by atoms with van der Waals surface area (Å²) in [4.78, 5) is 12.2. The van der Waals surface area contributed by atoms with Gasteiger partial charge in [-0.1, -0.05) is 6.07 Å². The van der Waals surface area contributed by atoms with Crippen LogP contribution in [-0.2, 0) is 15.5 Å². The first kappa shape index (κ1) is 19.8. The maximum absolute atomic E-state index is 13.3. The highest BCUT2D eigenvalue weighted by Gasteiger charge is 2.52. The van der Waals surface area contributed by atoms with Crippen molar-refractivity contribution >= 4 is 18.5 Å². The zero-order chi connectivity index (χ0) is 19.2. The predicted molar refractivity (Wildman–Crippen MR) is 89.8 cm³/mol. The van der Waals surface area contributed by atoms with Gasteiger partial charge < -0.3 is 14.6 Å². The fourth-order valence-corrected chi connectivity index (χ4v) is 2.41. The van der Waals surface area contributed by atoms with Gasteiger partial charge in [-0.3, -0.25) is 4.79 Å². The molecule has 2 rings (SSSR count). The molecule has 0 radical (unpaired) electrons. The fraction of sp³-hybridized carbons (Fsp3) is 0.588. The molecule has 1 aliphatic rings. The summed E-state index contributed by atoms with van der Waals surface area (Å²) >= 11 is 0. The van der Waals surface area contributed by atoms with Gasteiger partial charge in [-0.2, -0.15) is 13.2 Å². The van der Waals surface area contributed by atoms with E-state index in [9.17, 15) is 18.0 Å². The first-order valence-electron chi connectivity index (χ1n) is 8.11. The zero-order valence-corrected chi connectivity index (χ0v) is 15.2. The van der Waals surface area contributed by atoms with Crippen LogP contribution in [0, 0.1) is 0 Å². The van der Waals surface area contributed by atoms with Gasteiger partial charge in [0.2, 0.25) is 0 Å². The molecule has 0 saturated carbocycles. The molecule has 25 heavy (non-hydrogen) atoms. The Morgan fingerprint density at radius 2 is 1.60 bits per heavy atom. The Bertz CT molecular complexity index is 656. The van der Waals surface area contributed by atoms with Crippen LogP contribution >= 0.6 is 0 Å². The summed E-state index contributed by atoms with van der Waals surface area (Å²) < 4.78 is 51.4. The van der Waals surface area contributed by atoms with Crippen molar-refractivity contribution in [3.8, 4) is 0 Å². The summed E-state index contributed by atoms with van der Waals surface area (Å²) in [5.41, 5.74) is -2.19. The van der Waals surface area contributed by atoms with Gasteiger partial charge in [-0.15, -0.1) is 0 Å². The number of amides is 1. The van der Waals surface area contributed by atoms with Crippen molar-refractivity contribution in [1.29, 1.82) is 0 Å². The van der Waals surface area contributed by atoms with Gasteiger partial charge in [-0.25, -0.2) is 0 Å². The molecule has 1 aromatic rings. The van der Waals surface area contributed by atoms with E-state index < -0.39 is 36.0 Å². The number of nitrogens with one attached hydrogen (secondary N) is 1. The van der Waals surface area contributed by atoms with Crippen LogP contribution in [0.2, 0.25) is 0 Å². The van der Waals surface area contributed by atoms with Crippen molar-refractivity contribution < 1.29 is 27.3 Å². The monoisotopic (exact) mass is 357 g/mol. The van der Waals surface area contributed by atoms with Gasteiger partial charge in [0.25, 0.3) is 5.91 Å². The van der Waals surface area contributed by atoms with Crippen LogP contribution in [0.25, 0.3) is 0 Å². The second-order valence-electron chi connectivity index (χ2n) is 7.56. The van der Waals surface area contributed by atoms with E-state index in [4.69, 9.17) is 9.31 Å². The van der Waals surface area contributed by atoms with Crippen molar-refractivity contribution in [3.63, 3.8) is 0 Å². The lowest BCUT2D eigenvalue weighted by Crippen LogP contribution is -2.41. The Balaban J connectivity index is 2.46. The van der Waals surface area contributed by atoms with E-state index in [1.54, 1.807) is 13.8 Å². The lowest BCUT2D eigenvalue weighted by atomic mass is 9.77. The van der Waals surface area contributed by atoms with Crippen LogP contribution in [0.15, 0.2) is 18.2 Å². The van der Waals surface area contributed by atoms with E-state index in [1.165, 1.54) is 6.07 Å². The Morgan fingerprint density at radius 3 is 2.04 bits per heavy atom. The summed E-state index contributed by atoms with van der Waals surface area (Å²) in [7, 11) is -0.974. The van der Waals surface area contributed by atoms with Crippen LogP contribution in [0.4, 0.5) is 13.2 Å². The Labute approximate surface area is 146 Å². The minimum Gasteiger partial charge on any atom is -0.399 e. The Hall–Kier alpha value is -1.54. The maximum Gasteiger partial charge on any atom is 0.494 e. The molecule has 1 aromatic carbocycles. The van der Waals surface area contributed by atoms with Crippen LogP contribution < -0.4 is 10.8 Å². The zero-order valence-electron chi connectivity index (χ0n) is 15.2. The van der Waals surface area contributed by atoms with E-state index in [0.29, 0.717) is 0 Å². The molecule has 1 heterocycles. The molecule has 0 aliphatic carbocycles. The molecule has 1 amide bonds. The first-order valence-corrected chi connectivity index (χ1v) is 8.11. The van der Waals surface area contributed by atoms with E-state index in [-0.39, 0.29) is 17.1 Å². The van der Waals surface area contributed by atoms with E-state index >= 15 is 0 Å². The van der Waals surface area contributed by atoms with E-state index in [1.807, 2.05) is 27.7 Å². The number of carbonyl (C=O) groups excluding carboxylic acids is 1. The summed E-state index contributed by atoms with van der Waals surface area (Å²) in [6, 6.07) is 3.00. The van der Waals surface area contributed by atoms with Gasteiger partial charge in [0.05, 0.1) is 16.8 Å². The van der Waals surface area contributed by atoms with Crippen LogP contribution in [0.5, 0.6) is 0 Å². The molecule has 0 aromatic heterocycles. The molecular formula is C17H23BF3NO3. The smallest absolute Gasteiger partial charge is 0.399 e. The average Bonchev–Trinajstić information content (AvgIpc) is 2.65. The number of rotatable bonds is 3. The molecule has 1 aliphatic heterocycles. The number of hydrogen-bond acceptors (Lipinski definition) is 3. The highest BCUT2D eigenvalue weighted by atomic mass is 19.4. The Morgan fingerprint density at radius 1 is 1.08 bits per heavy atom. The number of halogens is 3. The summed E-state index contributed by atoms with van der Waals surface area (Å²) in [6.07, 6.45) is -4.58. The molecule has 0 bridgehead atoms. The van der Waals surface area contributed by atoms with Gasteiger partial charge >= 0.3 is 13.3 Å². The minimum absolute atomic E-state index is 0.0757. The summed E-state index contributed by atoms with van der Waals surface area (Å²) in [5, 5.41) is 2.60. The van der Waals surface area contributed by atoms with Crippen LogP contribution in [0.3, 0.4) is 0 Å². The lowest BCUT2D eigenvalue weighted by Gasteiger charge is -2.32. The number of hydrogen-bond donors (Lipinski definition) is 1. The third-order valence-electron chi connectivity index (χ3n) is 4.49. The number of benzene rings is 1. The van der Waals surface area contributed by atoms with Crippen molar-refractivity contribution in [2.24, 2.45) is 0 Å². The third-order valence-corrected chi connectivity index (χ3v) is 4.49. The standard InChI is InChI=1S/C17H23BF3NO3/c1-10(2)22-14(23)11-7-12(17(19,20)21)9-13(8-11)18-24-15(3,4)16(5,6)25-18/h7-10H,1-6H3,(H,22,23). The molecule has 0 unspecified atom stereocenters. The minimum atomic E-state index is -4.58. The van der Waals surface area contributed by atoms with E-state index in [2.05, 4.69) is 5.32 Å². The normalized spacial score (nSPS) is 19.4. The highest BCUT2D eigenvalue weighted by Crippen LogP contribution is 2.37. The van der Waals surface area contributed by atoms with Crippen LogP contribution in [-0.4, -0.2) is 30.3 Å². The Kier molecular flexibility index (Phi) is 5.00. The van der Waals surface area contributed by atoms with Crippen LogP contribution in [0.1, 0.15) is 57.5 Å². The van der Waals surface area contributed by atoms with Gasteiger partial charge in [0, 0.05) is 11.6 Å². The summed E-state index contributed by atoms with van der Waals surface area (Å²) in [6.45, 7) is 10.7. The summed E-state index contributed by atoms with van der Waals surface area (Å²) in [5.74, 6) is -0.570. The second-order valence-corrected chi connectivity index (χ2v) is 7.56. The molecule has 1 saturated heterocycles. The molecule has 0 atom stereocenters.